The summed E-state index contributed by atoms with van der Waals surface area (Å²) in [5.74, 6) is 0.821. The average molecular weight is 425 g/mol. The molecule has 2 N–H and O–H groups in total. The van der Waals surface area contributed by atoms with Crippen molar-refractivity contribution in [1.29, 1.82) is 0 Å². The highest BCUT2D eigenvalue weighted by atomic mass is 16.7. The number of H-pyrrole nitrogens is 1. The zero-order valence-corrected chi connectivity index (χ0v) is 17.0. The average Bonchev–Trinajstić information content (AvgIpc) is 3.31. The van der Waals surface area contributed by atoms with Gasteiger partial charge in [-0.1, -0.05) is 66.7 Å². The van der Waals surface area contributed by atoms with E-state index in [1.54, 1.807) is 6.07 Å². The van der Waals surface area contributed by atoms with Gasteiger partial charge in [-0.25, -0.2) is 5.10 Å². The summed E-state index contributed by atoms with van der Waals surface area (Å²) in [7, 11) is 0. The van der Waals surface area contributed by atoms with E-state index >= 15 is 0 Å². The van der Waals surface area contributed by atoms with E-state index in [1.807, 2.05) is 72.8 Å². The molecule has 0 spiro atoms. The first kappa shape index (κ1) is 19.6. The Kier molecular flexibility index (Phi) is 5.13. The van der Waals surface area contributed by atoms with E-state index in [0.717, 1.165) is 16.7 Å². The van der Waals surface area contributed by atoms with E-state index in [-0.39, 0.29) is 18.9 Å². The zero-order valence-electron chi connectivity index (χ0n) is 17.0. The Morgan fingerprint density at radius 1 is 0.906 bits per heavy atom. The molecule has 7 heteroatoms. The van der Waals surface area contributed by atoms with Crippen LogP contribution in [0.1, 0.15) is 15.9 Å². The van der Waals surface area contributed by atoms with Crippen molar-refractivity contribution in [3.05, 3.63) is 100 Å². The lowest BCUT2D eigenvalue weighted by atomic mass is 9.95. The van der Waals surface area contributed by atoms with Crippen LogP contribution < -0.4 is 20.3 Å². The summed E-state index contributed by atoms with van der Waals surface area (Å²) in [5, 5.41) is 9.62. The highest BCUT2D eigenvalue weighted by Gasteiger charge is 2.23. The zero-order chi connectivity index (χ0) is 21.9. The maximum atomic E-state index is 13.2. The van der Waals surface area contributed by atoms with E-state index in [9.17, 15) is 9.59 Å². The Morgan fingerprint density at radius 3 is 2.34 bits per heavy atom. The van der Waals surface area contributed by atoms with Gasteiger partial charge < -0.3 is 14.8 Å². The number of benzene rings is 3. The topological polar surface area (TPSA) is 93.3 Å². The molecule has 1 aliphatic heterocycles. The maximum absolute atomic E-state index is 13.2. The third kappa shape index (κ3) is 3.72. The van der Waals surface area contributed by atoms with E-state index in [4.69, 9.17) is 9.47 Å². The monoisotopic (exact) mass is 425 g/mol. The molecule has 4 aromatic rings. The number of carbonyl (C=O) groups excluding carboxylic acids is 1. The Morgan fingerprint density at radius 2 is 1.59 bits per heavy atom. The van der Waals surface area contributed by atoms with Gasteiger partial charge >= 0.3 is 0 Å². The number of amides is 1. The van der Waals surface area contributed by atoms with Crippen LogP contribution in [-0.2, 0) is 6.54 Å². The lowest BCUT2D eigenvalue weighted by Crippen LogP contribution is -2.31. The molecule has 0 saturated carbocycles. The first-order chi connectivity index (χ1) is 15.7. The minimum atomic E-state index is -0.549. The van der Waals surface area contributed by atoms with Crippen molar-refractivity contribution < 1.29 is 14.3 Å². The minimum absolute atomic E-state index is 0.0193. The van der Waals surface area contributed by atoms with Gasteiger partial charge in [0.25, 0.3) is 11.5 Å². The molecule has 3 aromatic carbocycles. The van der Waals surface area contributed by atoms with Crippen LogP contribution in [0.2, 0.25) is 0 Å². The molecule has 0 radical (unpaired) electrons. The van der Waals surface area contributed by atoms with Crippen molar-refractivity contribution in [2.75, 3.05) is 6.79 Å². The first-order valence-electron chi connectivity index (χ1n) is 10.1. The molecular formula is C25H19N3O4. The number of aromatic nitrogens is 2. The molecular weight excluding hydrogens is 406 g/mol. The predicted molar refractivity (Wildman–Crippen MR) is 119 cm³/mol. The second-order valence-corrected chi connectivity index (χ2v) is 7.25. The molecule has 2 heterocycles. The minimum Gasteiger partial charge on any atom is -0.454 e. The van der Waals surface area contributed by atoms with Crippen LogP contribution in [0.5, 0.6) is 11.5 Å². The van der Waals surface area contributed by atoms with Gasteiger partial charge in [-0.15, -0.1) is 0 Å². The van der Waals surface area contributed by atoms with E-state index in [0.29, 0.717) is 22.8 Å². The van der Waals surface area contributed by atoms with Crippen molar-refractivity contribution in [3.8, 4) is 33.9 Å². The van der Waals surface area contributed by atoms with Gasteiger partial charge in [0.05, 0.1) is 5.69 Å². The number of hydrogen-bond donors (Lipinski definition) is 2. The van der Waals surface area contributed by atoms with E-state index in [2.05, 4.69) is 15.5 Å². The molecule has 0 bridgehead atoms. The van der Waals surface area contributed by atoms with Crippen LogP contribution in [-0.4, -0.2) is 22.9 Å². The van der Waals surface area contributed by atoms with Gasteiger partial charge in [-0.05, 0) is 23.3 Å². The highest BCUT2D eigenvalue weighted by molar-refractivity contribution is 6.03. The van der Waals surface area contributed by atoms with Gasteiger partial charge in [-0.2, -0.15) is 5.10 Å². The van der Waals surface area contributed by atoms with Gasteiger partial charge in [0.15, 0.2) is 11.5 Å². The fraction of sp³-hybridized carbons (Fsp3) is 0.0800. The number of fused-ring (bicyclic) bond motifs is 1. The van der Waals surface area contributed by atoms with Crippen LogP contribution in [0.25, 0.3) is 22.4 Å². The van der Waals surface area contributed by atoms with Crippen molar-refractivity contribution in [2.24, 2.45) is 0 Å². The number of rotatable bonds is 5. The summed E-state index contributed by atoms with van der Waals surface area (Å²) in [6.45, 7) is 0.409. The fourth-order valence-corrected chi connectivity index (χ4v) is 3.68. The van der Waals surface area contributed by atoms with Gasteiger partial charge in [0, 0.05) is 17.7 Å². The van der Waals surface area contributed by atoms with E-state index in [1.165, 1.54) is 0 Å². The van der Waals surface area contributed by atoms with Gasteiger partial charge in [0.2, 0.25) is 6.79 Å². The lowest BCUT2D eigenvalue weighted by molar-refractivity contribution is 0.0949. The second-order valence-electron chi connectivity index (χ2n) is 7.25. The number of carbonyl (C=O) groups is 1. The molecule has 1 aromatic heterocycles. The second kappa shape index (κ2) is 8.39. The summed E-state index contributed by atoms with van der Waals surface area (Å²) < 4.78 is 10.7. The van der Waals surface area contributed by atoms with Gasteiger partial charge in [0.1, 0.15) is 5.56 Å². The summed E-state index contributed by atoms with van der Waals surface area (Å²) in [4.78, 5) is 26.0. The molecule has 158 valence electrons. The smallest absolute Gasteiger partial charge is 0.277 e. The van der Waals surface area contributed by atoms with Crippen LogP contribution in [0.3, 0.4) is 0 Å². The largest absolute Gasteiger partial charge is 0.454 e. The Labute approximate surface area is 183 Å². The van der Waals surface area contributed by atoms with Gasteiger partial charge in [-0.3, -0.25) is 9.59 Å². The van der Waals surface area contributed by atoms with Crippen LogP contribution >= 0.6 is 0 Å². The summed E-state index contributed by atoms with van der Waals surface area (Å²) in [6, 6.07) is 24.2. The van der Waals surface area contributed by atoms with E-state index < -0.39 is 11.5 Å². The van der Waals surface area contributed by atoms with Crippen LogP contribution in [0, 0.1) is 0 Å². The molecule has 5 rings (SSSR count). The normalized spacial score (nSPS) is 11.9. The van der Waals surface area contributed by atoms with Crippen molar-refractivity contribution >= 4 is 5.91 Å². The van der Waals surface area contributed by atoms with Crippen molar-refractivity contribution in [3.63, 3.8) is 0 Å². The molecule has 0 aliphatic carbocycles. The lowest BCUT2D eigenvalue weighted by Gasteiger charge is -2.14. The number of nitrogens with one attached hydrogen (secondary N) is 2. The fourth-order valence-electron chi connectivity index (χ4n) is 3.68. The number of hydrogen-bond acceptors (Lipinski definition) is 5. The highest BCUT2D eigenvalue weighted by Crippen LogP contribution is 2.33. The molecule has 7 nitrogen and oxygen atoms in total. The molecule has 32 heavy (non-hydrogen) atoms. The number of ether oxygens (including phenoxy) is 2. The summed E-state index contributed by atoms with van der Waals surface area (Å²) >= 11 is 0. The Balaban J connectivity index is 1.54. The number of nitrogens with zero attached hydrogens (tertiary/aromatic N) is 1. The number of aromatic amines is 1. The Hall–Kier alpha value is -4.39. The summed E-state index contributed by atoms with van der Waals surface area (Å²) in [5.41, 5.74) is 2.86. The SMILES string of the molecule is O=C(NCc1ccc2c(c1)OCO2)c1c(-c2ccccc2)c(-c2ccccc2)n[nH]c1=O. The molecule has 1 amide bonds. The molecule has 0 unspecified atom stereocenters. The van der Waals surface area contributed by atoms with Crippen molar-refractivity contribution in [1.82, 2.24) is 15.5 Å². The summed E-state index contributed by atoms with van der Waals surface area (Å²) in [6.07, 6.45) is 0. The third-order valence-electron chi connectivity index (χ3n) is 5.21. The standard InChI is InChI=1S/C25H19N3O4/c29-24(26-14-16-11-12-19-20(13-16)32-15-31-19)22-21(17-7-3-1-4-8-17)23(27-28-25(22)30)18-9-5-2-6-10-18/h1-13H,14-15H2,(H,26,29)(H,28,30). The predicted octanol–water partition coefficient (Wildman–Crippen LogP) is 3.76. The Bertz CT molecular complexity index is 1330. The first-order valence-corrected chi connectivity index (χ1v) is 10.1. The molecule has 1 aliphatic rings. The molecule has 0 saturated heterocycles. The quantitative estimate of drug-likeness (QED) is 0.508. The van der Waals surface area contributed by atoms with Crippen LogP contribution in [0.4, 0.5) is 0 Å². The van der Waals surface area contributed by atoms with Crippen LogP contribution in [0.15, 0.2) is 83.7 Å². The molecule has 0 atom stereocenters. The van der Waals surface area contributed by atoms with Crippen molar-refractivity contribution in [2.45, 2.75) is 6.54 Å². The maximum Gasteiger partial charge on any atom is 0.277 e. The molecule has 0 fully saturated rings. The third-order valence-corrected chi connectivity index (χ3v) is 5.21.